The fraction of sp³-hybridized carbons (Fsp3) is 0.357. The molecule has 0 fully saturated rings. The Labute approximate surface area is 138 Å². The van der Waals surface area contributed by atoms with E-state index in [1.54, 1.807) is 13.8 Å². The van der Waals surface area contributed by atoms with Crippen molar-refractivity contribution in [3.63, 3.8) is 0 Å². The van der Waals surface area contributed by atoms with Gasteiger partial charge < -0.3 is 15.4 Å². The van der Waals surface area contributed by atoms with Crippen LogP contribution in [-0.4, -0.2) is 37.0 Å². The van der Waals surface area contributed by atoms with Gasteiger partial charge in [-0.3, -0.25) is 9.59 Å². The molecule has 1 aromatic carbocycles. The number of hydrogen-bond acceptors (Lipinski definition) is 4. The summed E-state index contributed by atoms with van der Waals surface area (Å²) in [7, 11) is 0. The molecule has 0 saturated carbocycles. The minimum atomic E-state index is -0.730. The maximum absolute atomic E-state index is 11.7. The van der Waals surface area contributed by atoms with Crippen LogP contribution in [0.15, 0.2) is 18.2 Å². The molecule has 0 aromatic heterocycles. The van der Waals surface area contributed by atoms with Crippen LogP contribution in [0.1, 0.15) is 24.2 Å². The Hall–Kier alpha value is -1.79. The van der Waals surface area contributed by atoms with Crippen molar-refractivity contribution in [1.29, 1.82) is 0 Å². The molecule has 22 heavy (non-hydrogen) atoms. The van der Waals surface area contributed by atoms with Crippen molar-refractivity contribution in [3.8, 4) is 0 Å². The van der Waals surface area contributed by atoms with Crippen LogP contribution in [0.4, 0.5) is 0 Å². The molecule has 0 aliphatic heterocycles. The molecule has 0 aliphatic rings. The first-order valence-electron chi connectivity index (χ1n) is 6.47. The third-order valence-electron chi connectivity index (χ3n) is 2.33. The highest BCUT2D eigenvalue weighted by Gasteiger charge is 2.12. The highest BCUT2D eigenvalue weighted by Crippen LogP contribution is 2.19. The van der Waals surface area contributed by atoms with Gasteiger partial charge in [-0.15, -0.1) is 0 Å². The molecule has 0 saturated heterocycles. The number of esters is 1. The smallest absolute Gasteiger partial charge is 0.338 e. The molecule has 1 aromatic rings. The number of nitrogens with one attached hydrogen (secondary N) is 2. The first kappa shape index (κ1) is 18.3. The van der Waals surface area contributed by atoms with Gasteiger partial charge in [0.2, 0.25) is 5.91 Å². The fourth-order valence-electron chi connectivity index (χ4n) is 1.49. The fourth-order valence-corrected chi connectivity index (χ4v) is 2.02. The lowest BCUT2D eigenvalue weighted by Gasteiger charge is -2.09. The molecule has 6 nitrogen and oxygen atoms in total. The maximum atomic E-state index is 11.7. The summed E-state index contributed by atoms with van der Waals surface area (Å²) in [4.78, 5) is 34.6. The van der Waals surface area contributed by atoms with Crippen LogP contribution in [0.3, 0.4) is 0 Å². The van der Waals surface area contributed by atoms with Gasteiger partial charge in [-0.1, -0.05) is 23.2 Å². The quantitative estimate of drug-likeness (QED) is 0.769. The van der Waals surface area contributed by atoms with Crippen molar-refractivity contribution in [3.05, 3.63) is 33.8 Å². The normalized spacial score (nSPS) is 10.2. The zero-order valence-electron chi connectivity index (χ0n) is 12.1. The number of rotatable bonds is 6. The summed E-state index contributed by atoms with van der Waals surface area (Å²) in [5, 5.41) is 5.52. The Morgan fingerprint density at radius 2 is 1.68 bits per heavy atom. The van der Waals surface area contributed by atoms with Crippen LogP contribution in [0.2, 0.25) is 10.0 Å². The summed E-state index contributed by atoms with van der Waals surface area (Å²) in [6.07, 6.45) is 0. The summed E-state index contributed by atoms with van der Waals surface area (Å²) in [6, 6.07) is 4.21. The summed E-state index contributed by atoms with van der Waals surface area (Å²) in [5.74, 6) is -1.64. The maximum Gasteiger partial charge on any atom is 0.338 e. The van der Waals surface area contributed by atoms with E-state index in [4.69, 9.17) is 27.9 Å². The van der Waals surface area contributed by atoms with Crippen LogP contribution >= 0.6 is 23.2 Å². The largest absolute Gasteiger partial charge is 0.452 e. The number of hydrogen-bond donors (Lipinski definition) is 2. The van der Waals surface area contributed by atoms with E-state index in [1.807, 2.05) is 0 Å². The first-order chi connectivity index (χ1) is 10.3. The van der Waals surface area contributed by atoms with Gasteiger partial charge in [0.15, 0.2) is 6.61 Å². The third-order valence-corrected chi connectivity index (χ3v) is 2.76. The number of amides is 2. The predicted molar refractivity (Wildman–Crippen MR) is 83.0 cm³/mol. The van der Waals surface area contributed by atoms with Crippen LogP contribution in [0.5, 0.6) is 0 Å². The second-order valence-corrected chi connectivity index (χ2v) is 5.61. The molecule has 2 N–H and O–H groups in total. The molecule has 0 unspecified atom stereocenters. The Bertz CT molecular complexity index is 556. The van der Waals surface area contributed by atoms with E-state index in [0.717, 1.165) is 0 Å². The molecule has 0 heterocycles. The zero-order valence-corrected chi connectivity index (χ0v) is 13.6. The van der Waals surface area contributed by atoms with Crippen LogP contribution < -0.4 is 10.6 Å². The van der Waals surface area contributed by atoms with Crippen molar-refractivity contribution < 1.29 is 19.1 Å². The molecular formula is C14H16Cl2N2O4. The van der Waals surface area contributed by atoms with Gasteiger partial charge in [0.1, 0.15) is 0 Å². The van der Waals surface area contributed by atoms with Gasteiger partial charge in [-0.2, -0.15) is 0 Å². The monoisotopic (exact) mass is 346 g/mol. The topological polar surface area (TPSA) is 84.5 Å². The van der Waals surface area contributed by atoms with E-state index in [1.165, 1.54) is 18.2 Å². The lowest BCUT2D eigenvalue weighted by Crippen LogP contribution is -2.41. The highest BCUT2D eigenvalue weighted by atomic mass is 35.5. The average molecular weight is 347 g/mol. The van der Waals surface area contributed by atoms with E-state index < -0.39 is 18.5 Å². The molecule has 120 valence electrons. The van der Waals surface area contributed by atoms with Gasteiger partial charge in [-0.05, 0) is 32.0 Å². The highest BCUT2D eigenvalue weighted by molar-refractivity contribution is 6.35. The van der Waals surface area contributed by atoms with Crippen molar-refractivity contribution in [2.75, 3.05) is 13.2 Å². The summed E-state index contributed by atoms with van der Waals surface area (Å²) in [5.41, 5.74) is 0.142. The van der Waals surface area contributed by atoms with E-state index in [9.17, 15) is 14.4 Å². The second kappa shape index (κ2) is 8.60. The molecule has 0 bridgehead atoms. The molecule has 8 heteroatoms. The van der Waals surface area contributed by atoms with Crippen LogP contribution in [0, 0.1) is 0 Å². The summed E-state index contributed by atoms with van der Waals surface area (Å²) >= 11 is 11.5. The molecule has 0 radical (unpaired) electrons. The lowest BCUT2D eigenvalue weighted by atomic mass is 10.2. The van der Waals surface area contributed by atoms with Gasteiger partial charge >= 0.3 is 5.97 Å². The first-order valence-corrected chi connectivity index (χ1v) is 7.23. The third kappa shape index (κ3) is 6.78. The molecular weight excluding hydrogens is 331 g/mol. The van der Waals surface area contributed by atoms with Crippen molar-refractivity contribution in [2.45, 2.75) is 19.9 Å². The van der Waals surface area contributed by atoms with Gasteiger partial charge in [-0.25, -0.2) is 4.79 Å². The number of halogens is 2. The van der Waals surface area contributed by atoms with Crippen molar-refractivity contribution in [1.82, 2.24) is 10.6 Å². The molecule has 1 rings (SSSR count). The average Bonchev–Trinajstić information content (AvgIpc) is 2.40. The Morgan fingerprint density at radius 1 is 1.09 bits per heavy atom. The van der Waals surface area contributed by atoms with Crippen LogP contribution in [-0.2, 0) is 14.3 Å². The molecule has 2 amide bonds. The minimum Gasteiger partial charge on any atom is -0.452 e. The van der Waals surface area contributed by atoms with Crippen LogP contribution in [0.25, 0.3) is 0 Å². The number of carbonyl (C=O) groups excluding carboxylic acids is 3. The van der Waals surface area contributed by atoms with Crippen molar-refractivity contribution >= 4 is 41.0 Å². The second-order valence-electron chi connectivity index (χ2n) is 4.73. The van der Waals surface area contributed by atoms with E-state index in [-0.39, 0.29) is 34.1 Å². The number of benzene rings is 1. The van der Waals surface area contributed by atoms with Crippen molar-refractivity contribution in [2.24, 2.45) is 0 Å². The van der Waals surface area contributed by atoms with Gasteiger partial charge in [0.05, 0.1) is 12.1 Å². The molecule has 0 aliphatic carbocycles. The molecule has 0 atom stereocenters. The molecule has 0 spiro atoms. The Balaban J connectivity index is 2.40. The summed E-state index contributed by atoms with van der Waals surface area (Å²) in [6.45, 7) is 2.92. The van der Waals surface area contributed by atoms with E-state index in [2.05, 4.69) is 10.6 Å². The van der Waals surface area contributed by atoms with Gasteiger partial charge in [0, 0.05) is 16.1 Å². The standard InChI is InChI=1S/C14H16Cl2N2O4/c1-8(2)18-12(19)6-17-13(20)7-22-14(21)9-3-10(15)5-11(16)4-9/h3-5,8H,6-7H2,1-2H3,(H,17,20)(H,18,19). The number of carbonyl (C=O) groups is 3. The lowest BCUT2D eigenvalue weighted by molar-refractivity contribution is -0.128. The zero-order chi connectivity index (χ0) is 16.7. The van der Waals surface area contributed by atoms with Gasteiger partial charge in [0.25, 0.3) is 5.91 Å². The Morgan fingerprint density at radius 3 is 2.23 bits per heavy atom. The van der Waals surface area contributed by atoms with E-state index in [0.29, 0.717) is 0 Å². The Kier molecular flexibility index (Phi) is 7.14. The minimum absolute atomic E-state index is 0.0187. The SMILES string of the molecule is CC(C)NC(=O)CNC(=O)COC(=O)c1cc(Cl)cc(Cl)c1. The predicted octanol–water partition coefficient (Wildman–Crippen LogP) is 1.79. The van der Waals surface area contributed by atoms with E-state index >= 15 is 0 Å². The number of ether oxygens (including phenoxy) is 1. The summed E-state index contributed by atoms with van der Waals surface area (Å²) < 4.78 is 4.81.